The van der Waals surface area contributed by atoms with E-state index < -0.39 is 6.17 Å². The van der Waals surface area contributed by atoms with Gasteiger partial charge >= 0.3 is 0 Å². The second-order valence-electron chi connectivity index (χ2n) is 2.48. The number of furan rings is 1. The molecule has 1 atom stereocenters. The highest BCUT2D eigenvalue weighted by Gasteiger charge is 2.12. The molecule has 1 aromatic heterocycles. The Balaban J connectivity index is 2.67. The minimum absolute atomic E-state index is 0.361. The van der Waals surface area contributed by atoms with E-state index in [1.165, 1.54) is 6.26 Å². The Morgan fingerprint density at radius 1 is 1.73 bits per heavy atom. The maximum Gasteiger partial charge on any atom is 0.130 e. The highest BCUT2D eigenvalue weighted by Crippen LogP contribution is 2.24. The van der Waals surface area contributed by atoms with Crippen LogP contribution in [-0.4, -0.2) is 6.54 Å². The molecular formula is C8H12FNO. The fraction of sp³-hybridized carbons (Fsp3) is 0.500. The molecule has 2 N–H and O–H groups in total. The molecule has 0 bridgehead atoms. The summed E-state index contributed by atoms with van der Waals surface area (Å²) in [6, 6.07) is 1.65. The van der Waals surface area contributed by atoms with Crippen LogP contribution in [0.1, 0.15) is 23.9 Å². The third kappa shape index (κ3) is 1.80. The van der Waals surface area contributed by atoms with Crippen LogP contribution in [0.4, 0.5) is 4.39 Å². The average Bonchev–Trinajstić information content (AvgIpc) is 2.36. The van der Waals surface area contributed by atoms with Gasteiger partial charge in [-0.3, -0.25) is 0 Å². The van der Waals surface area contributed by atoms with E-state index in [-0.39, 0.29) is 0 Å². The van der Waals surface area contributed by atoms with Gasteiger partial charge in [0.2, 0.25) is 0 Å². The minimum atomic E-state index is -0.973. The van der Waals surface area contributed by atoms with E-state index in [0.717, 1.165) is 0 Å². The monoisotopic (exact) mass is 157 g/mol. The van der Waals surface area contributed by atoms with E-state index >= 15 is 0 Å². The van der Waals surface area contributed by atoms with Gasteiger partial charge in [0.15, 0.2) is 0 Å². The van der Waals surface area contributed by atoms with Gasteiger partial charge in [-0.05, 0) is 26.0 Å². The third-order valence-corrected chi connectivity index (χ3v) is 1.66. The Hall–Kier alpha value is -0.830. The van der Waals surface area contributed by atoms with Gasteiger partial charge in [-0.25, -0.2) is 4.39 Å². The van der Waals surface area contributed by atoms with Gasteiger partial charge in [-0.1, -0.05) is 0 Å². The van der Waals surface area contributed by atoms with Gasteiger partial charge < -0.3 is 10.2 Å². The first-order chi connectivity index (χ1) is 5.25. The molecule has 1 aromatic rings. The highest BCUT2D eigenvalue weighted by molar-refractivity contribution is 5.18. The lowest BCUT2D eigenvalue weighted by atomic mass is 10.1. The normalized spacial score (nSPS) is 13.4. The van der Waals surface area contributed by atoms with Crippen LogP contribution in [0.3, 0.4) is 0 Å². The van der Waals surface area contributed by atoms with E-state index in [1.807, 2.05) is 0 Å². The molecule has 0 fully saturated rings. The minimum Gasteiger partial charge on any atom is -0.469 e. The quantitative estimate of drug-likeness (QED) is 0.728. The molecule has 0 saturated heterocycles. The van der Waals surface area contributed by atoms with Crippen molar-refractivity contribution in [1.82, 2.24) is 0 Å². The summed E-state index contributed by atoms with van der Waals surface area (Å²) < 4.78 is 18.0. The van der Waals surface area contributed by atoms with Crippen molar-refractivity contribution in [2.45, 2.75) is 19.5 Å². The summed E-state index contributed by atoms with van der Waals surface area (Å²) in [7, 11) is 0. The molecule has 0 aliphatic rings. The van der Waals surface area contributed by atoms with Crippen molar-refractivity contribution in [3.05, 3.63) is 23.7 Å². The zero-order valence-corrected chi connectivity index (χ0v) is 6.51. The molecule has 0 aliphatic heterocycles. The van der Waals surface area contributed by atoms with E-state index in [0.29, 0.717) is 24.3 Å². The van der Waals surface area contributed by atoms with Gasteiger partial charge in [0.05, 0.1) is 6.26 Å². The summed E-state index contributed by atoms with van der Waals surface area (Å²) in [4.78, 5) is 0. The van der Waals surface area contributed by atoms with Crippen molar-refractivity contribution in [1.29, 1.82) is 0 Å². The van der Waals surface area contributed by atoms with E-state index in [1.54, 1.807) is 13.0 Å². The number of nitrogens with two attached hydrogens (primary N) is 1. The molecule has 1 unspecified atom stereocenters. The van der Waals surface area contributed by atoms with Crippen molar-refractivity contribution in [3.63, 3.8) is 0 Å². The van der Waals surface area contributed by atoms with E-state index in [2.05, 4.69) is 0 Å². The molecule has 0 aromatic carbocycles. The van der Waals surface area contributed by atoms with Gasteiger partial charge in [-0.2, -0.15) is 0 Å². The molecule has 0 spiro atoms. The number of hydrogen-bond donors (Lipinski definition) is 1. The molecule has 62 valence electrons. The number of aryl methyl sites for hydroxylation is 1. The zero-order chi connectivity index (χ0) is 8.27. The smallest absolute Gasteiger partial charge is 0.130 e. The molecule has 0 saturated carbocycles. The van der Waals surface area contributed by atoms with Gasteiger partial charge in [-0.15, -0.1) is 0 Å². The lowest BCUT2D eigenvalue weighted by Gasteiger charge is -2.03. The summed E-state index contributed by atoms with van der Waals surface area (Å²) in [5, 5.41) is 0. The average molecular weight is 157 g/mol. The maximum atomic E-state index is 13.1. The zero-order valence-electron chi connectivity index (χ0n) is 6.51. The number of halogens is 1. The van der Waals surface area contributed by atoms with Gasteiger partial charge in [0.25, 0.3) is 0 Å². The molecule has 0 radical (unpaired) electrons. The Kier molecular flexibility index (Phi) is 2.65. The SMILES string of the molecule is Cc1occc1C(F)CCN. The fourth-order valence-corrected chi connectivity index (χ4v) is 1.02. The number of alkyl halides is 1. The van der Waals surface area contributed by atoms with Crippen molar-refractivity contribution in [2.75, 3.05) is 6.54 Å². The number of rotatable bonds is 3. The molecule has 2 nitrogen and oxygen atoms in total. The van der Waals surface area contributed by atoms with Crippen LogP contribution >= 0.6 is 0 Å². The van der Waals surface area contributed by atoms with Crippen molar-refractivity contribution < 1.29 is 8.81 Å². The lowest BCUT2D eigenvalue weighted by Crippen LogP contribution is -2.03. The Bertz CT molecular complexity index is 222. The van der Waals surface area contributed by atoms with Crippen LogP contribution in [-0.2, 0) is 0 Å². The molecule has 1 heterocycles. The molecule has 0 aliphatic carbocycles. The molecule has 1 rings (SSSR count). The topological polar surface area (TPSA) is 39.2 Å². The van der Waals surface area contributed by atoms with Crippen molar-refractivity contribution in [2.24, 2.45) is 5.73 Å². The van der Waals surface area contributed by atoms with Crippen LogP contribution < -0.4 is 5.73 Å². The van der Waals surface area contributed by atoms with Crippen LogP contribution in [0.25, 0.3) is 0 Å². The van der Waals surface area contributed by atoms with Gasteiger partial charge in [0, 0.05) is 5.56 Å². The summed E-state index contributed by atoms with van der Waals surface area (Å²) in [5.41, 5.74) is 5.84. The predicted molar refractivity (Wildman–Crippen MR) is 41.0 cm³/mol. The summed E-state index contributed by atoms with van der Waals surface area (Å²) >= 11 is 0. The van der Waals surface area contributed by atoms with E-state index in [4.69, 9.17) is 10.2 Å². The van der Waals surface area contributed by atoms with Crippen LogP contribution in [0.15, 0.2) is 16.7 Å². The first-order valence-corrected chi connectivity index (χ1v) is 3.64. The van der Waals surface area contributed by atoms with Crippen LogP contribution in [0.5, 0.6) is 0 Å². The molecule has 11 heavy (non-hydrogen) atoms. The Morgan fingerprint density at radius 3 is 2.91 bits per heavy atom. The van der Waals surface area contributed by atoms with Crippen LogP contribution in [0.2, 0.25) is 0 Å². The second-order valence-corrected chi connectivity index (χ2v) is 2.48. The molecule has 0 amide bonds. The fourth-order valence-electron chi connectivity index (χ4n) is 1.02. The number of hydrogen-bond acceptors (Lipinski definition) is 2. The standard InChI is InChI=1S/C8H12FNO/c1-6-7(3-5-11-6)8(9)2-4-10/h3,5,8H,2,4,10H2,1H3. The first-order valence-electron chi connectivity index (χ1n) is 3.64. The maximum absolute atomic E-state index is 13.1. The summed E-state index contributed by atoms with van der Waals surface area (Å²) in [5.74, 6) is 0.644. The van der Waals surface area contributed by atoms with Gasteiger partial charge in [0.1, 0.15) is 11.9 Å². The predicted octanol–water partition coefficient (Wildman–Crippen LogP) is 1.95. The Morgan fingerprint density at radius 2 is 2.45 bits per heavy atom. The third-order valence-electron chi connectivity index (χ3n) is 1.66. The summed E-state index contributed by atoms with van der Waals surface area (Å²) in [6.07, 6.45) is 0.882. The largest absolute Gasteiger partial charge is 0.469 e. The Labute approximate surface area is 65.2 Å². The second kappa shape index (κ2) is 3.53. The van der Waals surface area contributed by atoms with E-state index in [9.17, 15) is 4.39 Å². The van der Waals surface area contributed by atoms with Crippen molar-refractivity contribution in [3.8, 4) is 0 Å². The lowest BCUT2D eigenvalue weighted by molar-refractivity contribution is 0.322. The van der Waals surface area contributed by atoms with Crippen molar-refractivity contribution >= 4 is 0 Å². The summed E-state index contributed by atoms with van der Waals surface area (Å²) in [6.45, 7) is 2.12. The molecule has 3 heteroatoms. The first kappa shape index (κ1) is 8.27. The molecular weight excluding hydrogens is 145 g/mol. The highest BCUT2D eigenvalue weighted by atomic mass is 19.1. The van der Waals surface area contributed by atoms with Crippen LogP contribution in [0, 0.1) is 6.92 Å².